The molecule has 10 heteroatoms. The molecule has 0 saturated heterocycles. The summed E-state index contributed by atoms with van der Waals surface area (Å²) in [5, 5.41) is 9.13. The highest BCUT2D eigenvalue weighted by molar-refractivity contribution is 6.30. The van der Waals surface area contributed by atoms with Gasteiger partial charge < -0.3 is 14.8 Å². The first-order chi connectivity index (χ1) is 15.2. The molecule has 32 heavy (non-hydrogen) atoms. The topological polar surface area (TPSA) is 80.2 Å². The first-order valence-corrected chi connectivity index (χ1v) is 10.2. The summed E-state index contributed by atoms with van der Waals surface area (Å²) in [5.74, 6) is -0.961. The number of hydrazone groups is 1. The quantitative estimate of drug-likeness (QED) is 0.592. The van der Waals surface area contributed by atoms with Crippen molar-refractivity contribution in [3.8, 4) is 5.75 Å². The third-order valence-corrected chi connectivity index (χ3v) is 5.03. The standard InChI is InChI=1S/C22H22ClF2N3O4/c1-3-31-20(30)22(2)13-28(27-19(22)14-7-9-15(23)10-8-14)12-18(29)26-16-5-4-6-17(11-16)32-21(24)25/h4-11,21H,3,12-13H2,1-2H3,(H,26,29). The summed E-state index contributed by atoms with van der Waals surface area (Å²) in [4.78, 5) is 25.3. The largest absolute Gasteiger partial charge is 0.465 e. The number of ether oxygens (including phenoxy) is 2. The van der Waals surface area contributed by atoms with Crippen LogP contribution in [0.5, 0.6) is 5.75 Å². The second-order valence-corrected chi connectivity index (χ2v) is 7.72. The van der Waals surface area contributed by atoms with Crippen LogP contribution < -0.4 is 10.1 Å². The summed E-state index contributed by atoms with van der Waals surface area (Å²) < 4.78 is 34.4. The Bertz CT molecular complexity index is 1020. The van der Waals surface area contributed by atoms with Crippen LogP contribution in [-0.2, 0) is 14.3 Å². The molecule has 2 aromatic carbocycles. The van der Waals surface area contributed by atoms with Crippen LogP contribution >= 0.6 is 11.6 Å². The molecule has 1 amide bonds. The Hall–Kier alpha value is -3.20. The number of nitrogens with zero attached hydrogens (tertiary/aromatic N) is 2. The predicted octanol–water partition coefficient (Wildman–Crippen LogP) is 4.17. The van der Waals surface area contributed by atoms with Crippen LogP contribution in [-0.4, -0.2) is 48.9 Å². The number of anilines is 1. The van der Waals surface area contributed by atoms with Crippen molar-refractivity contribution in [2.75, 3.05) is 25.0 Å². The van der Waals surface area contributed by atoms with Crippen LogP contribution in [0.25, 0.3) is 0 Å². The van der Waals surface area contributed by atoms with E-state index in [1.807, 2.05) is 0 Å². The average Bonchev–Trinajstić information content (AvgIpc) is 3.05. The number of hydrogen-bond acceptors (Lipinski definition) is 6. The second-order valence-electron chi connectivity index (χ2n) is 7.29. The molecule has 0 fully saturated rings. The first kappa shape index (κ1) is 23.5. The molecule has 0 aromatic heterocycles. The predicted molar refractivity (Wildman–Crippen MR) is 116 cm³/mol. The fraction of sp³-hybridized carbons (Fsp3) is 0.318. The third kappa shape index (κ3) is 5.53. The minimum Gasteiger partial charge on any atom is -0.465 e. The molecule has 7 nitrogen and oxygen atoms in total. The summed E-state index contributed by atoms with van der Waals surface area (Å²) in [7, 11) is 0. The van der Waals surface area contributed by atoms with Gasteiger partial charge in [-0.1, -0.05) is 29.8 Å². The summed E-state index contributed by atoms with van der Waals surface area (Å²) in [6.07, 6.45) is 0. The maximum Gasteiger partial charge on any atom is 0.387 e. The van der Waals surface area contributed by atoms with Crippen molar-refractivity contribution in [1.29, 1.82) is 0 Å². The molecule has 1 atom stereocenters. The van der Waals surface area contributed by atoms with Gasteiger partial charge in [-0.15, -0.1) is 0 Å². The van der Waals surface area contributed by atoms with Crippen molar-refractivity contribution < 1.29 is 27.8 Å². The molecule has 0 aliphatic carbocycles. The van der Waals surface area contributed by atoms with Gasteiger partial charge >= 0.3 is 12.6 Å². The van der Waals surface area contributed by atoms with Gasteiger partial charge in [0.05, 0.1) is 18.9 Å². The first-order valence-electron chi connectivity index (χ1n) is 9.83. The Morgan fingerprint density at radius 1 is 1.25 bits per heavy atom. The second kappa shape index (κ2) is 9.95. The number of rotatable bonds is 8. The Morgan fingerprint density at radius 2 is 1.97 bits per heavy atom. The van der Waals surface area contributed by atoms with E-state index in [2.05, 4.69) is 15.2 Å². The van der Waals surface area contributed by atoms with E-state index in [0.29, 0.717) is 22.0 Å². The Kier molecular flexibility index (Phi) is 7.29. The minimum absolute atomic E-state index is 0.0723. The molecule has 1 N–H and O–H groups in total. The smallest absolute Gasteiger partial charge is 0.387 e. The van der Waals surface area contributed by atoms with Crippen molar-refractivity contribution in [2.45, 2.75) is 20.5 Å². The van der Waals surface area contributed by atoms with Gasteiger partial charge in [0.1, 0.15) is 17.7 Å². The molecule has 0 spiro atoms. The third-order valence-electron chi connectivity index (χ3n) is 4.78. The van der Waals surface area contributed by atoms with E-state index in [0.717, 1.165) is 0 Å². The molecule has 3 rings (SSSR count). The van der Waals surface area contributed by atoms with Crippen LogP contribution in [0.1, 0.15) is 19.4 Å². The summed E-state index contributed by atoms with van der Waals surface area (Å²) in [6, 6.07) is 12.6. The zero-order chi connectivity index (χ0) is 23.3. The van der Waals surface area contributed by atoms with Crippen LogP contribution in [0.2, 0.25) is 5.02 Å². The molecule has 1 aliphatic rings. The van der Waals surface area contributed by atoms with Crippen LogP contribution in [0.4, 0.5) is 14.5 Å². The van der Waals surface area contributed by atoms with Gasteiger partial charge in [-0.25, -0.2) is 0 Å². The molecule has 1 heterocycles. The normalized spacial score (nSPS) is 17.8. The number of nitrogens with one attached hydrogen (secondary N) is 1. The molecule has 170 valence electrons. The summed E-state index contributed by atoms with van der Waals surface area (Å²) in [6.45, 7) is 0.637. The molecular formula is C22H22ClF2N3O4. The molecule has 2 aromatic rings. The fourth-order valence-electron chi connectivity index (χ4n) is 3.37. The monoisotopic (exact) mass is 465 g/mol. The number of alkyl halides is 2. The highest BCUT2D eigenvalue weighted by Crippen LogP contribution is 2.33. The molecule has 1 aliphatic heterocycles. The zero-order valence-corrected chi connectivity index (χ0v) is 18.2. The van der Waals surface area contributed by atoms with E-state index >= 15 is 0 Å². The maximum atomic E-state index is 12.7. The molecule has 1 unspecified atom stereocenters. The SMILES string of the molecule is CCOC(=O)C1(C)CN(CC(=O)Nc2cccc(OC(F)F)c2)N=C1c1ccc(Cl)cc1. The van der Waals surface area contributed by atoms with Gasteiger partial charge in [-0.2, -0.15) is 13.9 Å². The molecule has 0 radical (unpaired) electrons. The fourth-order valence-corrected chi connectivity index (χ4v) is 3.50. The van der Waals surface area contributed by atoms with Crippen molar-refractivity contribution in [1.82, 2.24) is 5.01 Å². The van der Waals surface area contributed by atoms with Gasteiger partial charge in [0, 0.05) is 16.8 Å². The number of amides is 1. The minimum atomic E-state index is -2.97. The van der Waals surface area contributed by atoms with E-state index in [1.54, 1.807) is 44.2 Å². The lowest BCUT2D eigenvalue weighted by molar-refractivity contribution is -0.150. The number of benzene rings is 2. The maximum absolute atomic E-state index is 12.7. The van der Waals surface area contributed by atoms with Gasteiger partial charge in [0.25, 0.3) is 0 Å². The van der Waals surface area contributed by atoms with Gasteiger partial charge in [0.2, 0.25) is 5.91 Å². The van der Waals surface area contributed by atoms with Crippen molar-refractivity contribution in [2.24, 2.45) is 10.5 Å². The number of carbonyl (C=O) groups is 2. The highest BCUT2D eigenvalue weighted by Gasteiger charge is 2.47. The Balaban J connectivity index is 1.77. The number of carbonyl (C=O) groups excluding carboxylic acids is 2. The molecular weight excluding hydrogens is 444 g/mol. The van der Waals surface area contributed by atoms with Gasteiger partial charge in [-0.3, -0.25) is 14.6 Å². The zero-order valence-electron chi connectivity index (χ0n) is 17.5. The summed E-state index contributed by atoms with van der Waals surface area (Å²) >= 11 is 5.97. The van der Waals surface area contributed by atoms with E-state index in [9.17, 15) is 18.4 Å². The van der Waals surface area contributed by atoms with E-state index < -0.39 is 23.9 Å². The highest BCUT2D eigenvalue weighted by atomic mass is 35.5. The number of hydrogen-bond donors (Lipinski definition) is 1. The number of esters is 1. The summed E-state index contributed by atoms with van der Waals surface area (Å²) in [5.41, 5.74) is 0.356. The average molecular weight is 466 g/mol. The molecule has 0 saturated carbocycles. The Labute approximate surface area is 188 Å². The van der Waals surface area contributed by atoms with Crippen molar-refractivity contribution >= 4 is 34.9 Å². The van der Waals surface area contributed by atoms with Gasteiger partial charge in [0.15, 0.2) is 0 Å². The van der Waals surface area contributed by atoms with Crippen molar-refractivity contribution in [3.63, 3.8) is 0 Å². The lowest BCUT2D eigenvalue weighted by atomic mass is 9.82. The van der Waals surface area contributed by atoms with Crippen LogP contribution in [0.3, 0.4) is 0 Å². The lowest BCUT2D eigenvalue weighted by Gasteiger charge is -2.24. The van der Waals surface area contributed by atoms with Crippen molar-refractivity contribution in [3.05, 3.63) is 59.1 Å². The lowest BCUT2D eigenvalue weighted by Crippen LogP contribution is -2.41. The van der Waals surface area contributed by atoms with E-state index in [1.165, 1.54) is 23.2 Å². The van der Waals surface area contributed by atoms with E-state index in [-0.39, 0.29) is 25.4 Å². The van der Waals surface area contributed by atoms with E-state index in [4.69, 9.17) is 16.3 Å². The Morgan fingerprint density at radius 3 is 2.62 bits per heavy atom. The van der Waals surface area contributed by atoms with Crippen LogP contribution in [0.15, 0.2) is 53.6 Å². The number of halogens is 3. The van der Waals surface area contributed by atoms with Crippen LogP contribution in [0, 0.1) is 5.41 Å². The molecule has 0 bridgehead atoms. The van der Waals surface area contributed by atoms with Gasteiger partial charge in [-0.05, 0) is 43.7 Å².